The van der Waals surface area contributed by atoms with E-state index < -0.39 is 9.84 Å². The average Bonchev–Trinajstić information content (AvgIpc) is 2.80. The second-order valence-electron chi connectivity index (χ2n) is 6.06. The van der Waals surface area contributed by atoms with Crippen molar-refractivity contribution in [2.45, 2.75) is 24.8 Å². The molecule has 2 atom stereocenters. The topological polar surface area (TPSA) is 57.6 Å². The molecule has 0 amide bonds. The zero-order valence-electron chi connectivity index (χ0n) is 12.1. The minimum absolute atomic E-state index is 0.0425. The molecule has 1 aliphatic rings. The number of nitrogens with zero attached hydrogens (tertiary/aromatic N) is 1. The summed E-state index contributed by atoms with van der Waals surface area (Å²) in [5.41, 5.74) is 0.706. The first-order valence-corrected chi connectivity index (χ1v) is 8.75. The van der Waals surface area contributed by atoms with Crippen LogP contribution in [0.1, 0.15) is 18.9 Å². The Kier molecular flexibility index (Phi) is 4.52. The summed E-state index contributed by atoms with van der Waals surface area (Å²) in [5.74, 6) is 0.517. The van der Waals surface area contributed by atoms with E-state index in [-0.39, 0.29) is 29.6 Å². The molecular weight excluding hydrogens is 274 g/mol. The number of aliphatic hydroxyl groups is 1. The van der Waals surface area contributed by atoms with Gasteiger partial charge in [-0.25, -0.2) is 8.42 Å². The molecule has 5 heteroatoms. The molecule has 0 spiro atoms. The standard InChI is InChI=1S/C15H23NO3S/c1-15(12-17,13-6-4-3-5-7-13)11-16(2)14-8-9-20(18,19)10-14/h3-7,14,17H,8-12H2,1-2H3. The van der Waals surface area contributed by atoms with Crippen molar-refractivity contribution in [1.29, 1.82) is 0 Å². The minimum Gasteiger partial charge on any atom is -0.395 e. The van der Waals surface area contributed by atoms with E-state index in [1.54, 1.807) is 0 Å². The lowest BCUT2D eigenvalue weighted by Gasteiger charge is -2.35. The molecule has 2 rings (SSSR count). The molecule has 20 heavy (non-hydrogen) atoms. The Hall–Kier alpha value is -0.910. The molecule has 4 nitrogen and oxygen atoms in total. The van der Waals surface area contributed by atoms with E-state index in [1.807, 2.05) is 44.3 Å². The Morgan fingerprint density at radius 3 is 2.50 bits per heavy atom. The predicted octanol–water partition coefficient (Wildman–Crippen LogP) is 1.06. The minimum atomic E-state index is -2.87. The maximum absolute atomic E-state index is 11.6. The highest BCUT2D eigenvalue weighted by molar-refractivity contribution is 7.91. The van der Waals surface area contributed by atoms with Gasteiger partial charge in [0.25, 0.3) is 0 Å². The van der Waals surface area contributed by atoms with E-state index in [1.165, 1.54) is 0 Å². The molecule has 2 unspecified atom stereocenters. The third kappa shape index (κ3) is 3.40. The Balaban J connectivity index is 2.10. The molecule has 1 aromatic rings. The van der Waals surface area contributed by atoms with Crippen LogP contribution in [0.15, 0.2) is 30.3 Å². The molecule has 1 fully saturated rings. The van der Waals surface area contributed by atoms with Gasteiger partial charge >= 0.3 is 0 Å². The van der Waals surface area contributed by atoms with E-state index in [0.29, 0.717) is 13.0 Å². The van der Waals surface area contributed by atoms with Crippen LogP contribution in [0.2, 0.25) is 0 Å². The van der Waals surface area contributed by atoms with Crippen molar-refractivity contribution in [3.8, 4) is 0 Å². The quantitative estimate of drug-likeness (QED) is 0.883. The smallest absolute Gasteiger partial charge is 0.151 e. The number of rotatable bonds is 5. The second-order valence-corrected chi connectivity index (χ2v) is 8.29. The first-order chi connectivity index (χ1) is 9.36. The highest BCUT2D eigenvalue weighted by atomic mass is 32.2. The maximum Gasteiger partial charge on any atom is 0.151 e. The number of benzene rings is 1. The van der Waals surface area contributed by atoms with Crippen molar-refractivity contribution in [3.05, 3.63) is 35.9 Å². The van der Waals surface area contributed by atoms with Crippen LogP contribution in [0.3, 0.4) is 0 Å². The number of hydrogen-bond donors (Lipinski definition) is 1. The lowest BCUT2D eigenvalue weighted by Crippen LogP contribution is -2.44. The van der Waals surface area contributed by atoms with E-state index in [4.69, 9.17) is 0 Å². The zero-order chi connectivity index (χ0) is 14.8. The van der Waals surface area contributed by atoms with Crippen molar-refractivity contribution < 1.29 is 13.5 Å². The van der Waals surface area contributed by atoms with Crippen LogP contribution in [0.5, 0.6) is 0 Å². The molecule has 0 bridgehead atoms. The summed E-state index contributed by atoms with van der Waals surface area (Å²) in [4.78, 5) is 2.08. The molecule has 0 aliphatic carbocycles. The molecule has 112 valence electrons. The predicted molar refractivity (Wildman–Crippen MR) is 80.6 cm³/mol. The third-order valence-corrected chi connectivity index (χ3v) is 6.00. The maximum atomic E-state index is 11.6. The normalized spacial score (nSPS) is 24.7. The summed E-state index contributed by atoms with van der Waals surface area (Å²) in [6.45, 7) is 2.71. The molecule has 0 aromatic heterocycles. The Morgan fingerprint density at radius 1 is 1.35 bits per heavy atom. The molecule has 1 aromatic carbocycles. The summed E-state index contributed by atoms with van der Waals surface area (Å²) in [6, 6.07) is 9.96. The number of aliphatic hydroxyl groups excluding tert-OH is 1. The second kappa shape index (κ2) is 5.84. The van der Waals surface area contributed by atoms with Gasteiger partial charge in [-0.2, -0.15) is 0 Å². The molecular formula is C15H23NO3S. The Morgan fingerprint density at radius 2 is 2.00 bits per heavy atom. The van der Waals surface area contributed by atoms with Gasteiger partial charge in [0.05, 0.1) is 18.1 Å². The number of sulfone groups is 1. The van der Waals surface area contributed by atoms with E-state index in [0.717, 1.165) is 5.56 Å². The van der Waals surface area contributed by atoms with E-state index in [9.17, 15) is 13.5 Å². The summed E-state index contributed by atoms with van der Waals surface area (Å²) >= 11 is 0. The summed E-state index contributed by atoms with van der Waals surface area (Å²) < 4.78 is 23.1. The molecule has 1 heterocycles. The fourth-order valence-corrected chi connectivity index (χ4v) is 4.68. The highest BCUT2D eigenvalue weighted by Gasteiger charge is 2.35. The van der Waals surface area contributed by atoms with Gasteiger partial charge in [-0.1, -0.05) is 37.3 Å². The van der Waals surface area contributed by atoms with Crippen LogP contribution in [0, 0.1) is 0 Å². The van der Waals surface area contributed by atoms with Gasteiger partial charge in [0.1, 0.15) is 0 Å². The van der Waals surface area contributed by atoms with Crippen molar-refractivity contribution in [1.82, 2.24) is 4.90 Å². The van der Waals surface area contributed by atoms with Gasteiger partial charge < -0.3 is 10.0 Å². The van der Waals surface area contributed by atoms with E-state index in [2.05, 4.69) is 4.90 Å². The molecule has 1 aliphatic heterocycles. The molecule has 1 saturated heterocycles. The first kappa shape index (κ1) is 15.5. The summed E-state index contributed by atoms with van der Waals surface area (Å²) in [6.07, 6.45) is 0.690. The number of likely N-dealkylation sites (N-methyl/N-ethyl adjacent to an activating group) is 1. The molecule has 1 N–H and O–H groups in total. The lowest BCUT2D eigenvalue weighted by molar-refractivity contribution is 0.140. The van der Waals surface area contributed by atoms with Crippen molar-refractivity contribution in [3.63, 3.8) is 0 Å². The van der Waals surface area contributed by atoms with Crippen LogP contribution in [-0.2, 0) is 15.3 Å². The van der Waals surface area contributed by atoms with Crippen LogP contribution in [0.4, 0.5) is 0 Å². The fourth-order valence-electron chi connectivity index (χ4n) is 2.88. The van der Waals surface area contributed by atoms with Crippen LogP contribution < -0.4 is 0 Å². The van der Waals surface area contributed by atoms with Crippen LogP contribution >= 0.6 is 0 Å². The van der Waals surface area contributed by atoms with Crippen molar-refractivity contribution in [2.24, 2.45) is 0 Å². The van der Waals surface area contributed by atoms with Crippen LogP contribution in [0.25, 0.3) is 0 Å². The Labute approximate surface area is 121 Å². The fraction of sp³-hybridized carbons (Fsp3) is 0.600. The SMILES string of the molecule is CN(CC(C)(CO)c1ccccc1)C1CCS(=O)(=O)C1. The van der Waals surface area contributed by atoms with Gasteiger partial charge in [0.2, 0.25) is 0 Å². The molecule has 0 radical (unpaired) electrons. The lowest BCUT2D eigenvalue weighted by atomic mass is 9.82. The third-order valence-electron chi connectivity index (χ3n) is 4.25. The van der Waals surface area contributed by atoms with E-state index >= 15 is 0 Å². The van der Waals surface area contributed by atoms with Gasteiger partial charge in [-0.15, -0.1) is 0 Å². The molecule has 0 saturated carbocycles. The number of hydrogen-bond acceptors (Lipinski definition) is 4. The summed E-state index contributed by atoms with van der Waals surface area (Å²) in [5, 5.41) is 9.79. The van der Waals surface area contributed by atoms with Crippen LogP contribution in [-0.4, -0.2) is 56.2 Å². The van der Waals surface area contributed by atoms with Gasteiger partial charge in [-0.3, -0.25) is 0 Å². The van der Waals surface area contributed by atoms with Crippen molar-refractivity contribution >= 4 is 9.84 Å². The first-order valence-electron chi connectivity index (χ1n) is 6.93. The van der Waals surface area contributed by atoms with Gasteiger partial charge in [0, 0.05) is 18.0 Å². The van der Waals surface area contributed by atoms with Crippen molar-refractivity contribution in [2.75, 3.05) is 31.7 Å². The zero-order valence-corrected chi connectivity index (χ0v) is 12.9. The largest absolute Gasteiger partial charge is 0.395 e. The summed E-state index contributed by atoms with van der Waals surface area (Å²) in [7, 11) is -0.925. The van der Waals surface area contributed by atoms with Gasteiger partial charge in [-0.05, 0) is 19.0 Å². The monoisotopic (exact) mass is 297 g/mol. The van der Waals surface area contributed by atoms with Gasteiger partial charge in [0.15, 0.2) is 9.84 Å². The average molecular weight is 297 g/mol. The highest BCUT2D eigenvalue weighted by Crippen LogP contribution is 2.26. The Bertz CT molecular complexity index is 543.